The maximum atomic E-state index is 13.8. The fraction of sp³-hybridized carbons (Fsp3) is 0.128. The van der Waals surface area contributed by atoms with Gasteiger partial charge in [0.05, 0.1) is 42.0 Å². The fourth-order valence-corrected chi connectivity index (χ4v) is 6.82. The first kappa shape index (κ1) is 34.9. The Balaban J connectivity index is 1.25. The number of para-hydroxylation sites is 1. The van der Waals surface area contributed by atoms with Gasteiger partial charge in [-0.2, -0.15) is 5.26 Å². The van der Waals surface area contributed by atoms with Gasteiger partial charge in [-0.05, 0) is 60.7 Å². The molecule has 1 atom stereocenters. The van der Waals surface area contributed by atoms with Crippen LogP contribution >= 0.6 is 23.4 Å². The maximum absolute atomic E-state index is 13.8. The number of hydrogen-bond donors (Lipinski definition) is 0. The maximum Gasteiger partial charge on any atom is 0.338 e. The van der Waals surface area contributed by atoms with Gasteiger partial charge in [0, 0.05) is 33.7 Å². The molecule has 254 valence electrons. The van der Waals surface area contributed by atoms with Crippen LogP contribution in [0.3, 0.4) is 0 Å². The van der Waals surface area contributed by atoms with Crippen LogP contribution in [0.5, 0.6) is 11.5 Å². The number of halogens is 1. The molecule has 2 amide bonds. The number of methoxy groups -OCH3 is 2. The lowest BCUT2D eigenvalue weighted by Crippen LogP contribution is -2.31. The Morgan fingerprint density at radius 1 is 0.902 bits per heavy atom. The van der Waals surface area contributed by atoms with Gasteiger partial charge in [0.2, 0.25) is 11.8 Å². The number of carbonyl (C=O) groups excluding carboxylic acids is 4. The SMILES string of the molecule is COc1cccc(-c2cc(-c3ccccc3)nc(SC3CC(=O)N(c4ccc(C(=O)OCC(=O)c5ccc(Cl)cc5)cc4)C3=O)c2C#N)c1OC. The van der Waals surface area contributed by atoms with Crippen molar-refractivity contribution in [3.05, 3.63) is 125 Å². The van der Waals surface area contributed by atoms with Crippen molar-refractivity contribution in [3.8, 4) is 40.0 Å². The van der Waals surface area contributed by atoms with E-state index in [0.717, 1.165) is 22.2 Å². The van der Waals surface area contributed by atoms with Crippen LogP contribution in [0, 0.1) is 11.3 Å². The molecule has 0 N–H and O–H groups in total. The molecule has 1 aromatic heterocycles. The van der Waals surface area contributed by atoms with Crippen molar-refractivity contribution in [2.75, 3.05) is 25.7 Å². The Morgan fingerprint density at radius 2 is 1.61 bits per heavy atom. The molecule has 4 aromatic carbocycles. The smallest absolute Gasteiger partial charge is 0.338 e. The van der Waals surface area contributed by atoms with Crippen LogP contribution in [0.2, 0.25) is 5.02 Å². The molecular weight excluding hydrogens is 690 g/mol. The first-order chi connectivity index (χ1) is 24.7. The van der Waals surface area contributed by atoms with E-state index in [4.69, 9.17) is 30.8 Å². The van der Waals surface area contributed by atoms with E-state index in [2.05, 4.69) is 6.07 Å². The van der Waals surface area contributed by atoms with E-state index in [1.165, 1.54) is 50.6 Å². The summed E-state index contributed by atoms with van der Waals surface area (Å²) in [6.45, 7) is -0.472. The average Bonchev–Trinajstić information content (AvgIpc) is 3.44. The van der Waals surface area contributed by atoms with Gasteiger partial charge < -0.3 is 14.2 Å². The number of esters is 1. The number of imide groups is 1. The lowest BCUT2D eigenvalue weighted by molar-refractivity contribution is -0.121. The van der Waals surface area contributed by atoms with Gasteiger partial charge in [-0.3, -0.25) is 14.4 Å². The second kappa shape index (κ2) is 15.3. The molecule has 2 heterocycles. The Labute approximate surface area is 302 Å². The number of carbonyl (C=O) groups is 4. The molecule has 1 fully saturated rings. The van der Waals surface area contributed by atoms with E-state index in [1.807, 2.05) is 36.4 Å². The highest BCUT2D eigenvalue weighted by Gasteiger charge is 2.41. The molecule has 0 aliphatic carbocycles. The first-order valence-electron chi connectivity index (χ1n) is 15.5. The minimum atomic E-state index is -0.883. The second-order valence-corrected chi connectivity index (χ2v) is 12.8. The van der Waals surface area contributed by atoms with Crippen molar-refractivity contribution >= 4 is 52.6 Å². The van der Waals surface area contributed by atoms with Crippen LogP contribution < -0.4 is 14.4 Å². The molecule has 51 heavy (non-hydrogen) atoms. The summed E-state index contributed by atoms with van der Waals surface area (Å²) in [5.41, 5.74) is 3.42. The van der Waals surface area contributed by atoms with Crippen LogP contribution in [0.25, 0.3) is 22.4 Å². The van der Waals surface area contributed by atoms with E-state index in [9.17, 15) is 24.4 Å². The van der Waals surface area contributed by atoms with Crippen LogP contribution in [-0.4, -0.2) is 54.6 Å². The number of anilines is 1. The first-order valence-corrected chi connectivity index (χ1v) is 16.8. The lowest BCUT2D eigenvalue weighted by Gasteiger charge is -2.18. The molecule has 0 bridgehead atoms. The Bertz CT molecular complexity index is 2190. The van der Waals surface area contributed by atoms with E-state index >= 15 is 0 Å². The predicted molar refractivity (Wildman–Crippen MR) is 192 cm³/mol. The number of nitrogens with zero attached hydrogens (tertiary/aromatic N) is 3. The summed E-state index contributed by atoms with van der Waals surface area (Å²) in [7, 11) is 3.04. The normalized spacial score (nSPS) is 13.8. The highest BCUT2D eigenvalue weighted by atomic mass is 35.5. The Hall–Kier alpha value is -5.96. The van der Waals surface area contributed by atoms with E-state index in [-0.39, 0.29) is 28.3 Å². The number of amides is 2. The van der Waals surface area contributed by atoms with Crippen LogP contribution in [0.1, 0.15) is 32.7 Å². The molecule has 1 aliphatic heterocycles. The molecule has 6 rings (SSSR count). The Kier molecular flexibility index (Phi) is 10.5. The number of aromatic nitrogens is 1. The summed E-state index contributed by atoms with van der Waals surface area (Å²) in [5, 5.41) is 10.3. The number of rotatable bonds is 11. The number of Topliss-reactive ketones (excluding diaryl/α,β-unsaturated/α-hetero) is 1. The average molecular weight is 718 g/mol. The largest absolute Gasteiger partial charge is 0.493 e. The van der Waals surface area contributed by atoms with Crippen molar-refractivity contribution < 1.29 is 33.4 Å². The summed E-state index contributed by atoms with van der Waals surface area (Å²) in [4.78, 5) is 57.9. The molecule has 10 nitrogen and oxygen atoms in total. The van der Waals surface area contributed by atoms with E-state index < -0.39 is 35.4 Å². The number of nitriles is 1. The molecule has 12 heteroatoms. The van der Waals surface area contributed by atoms with Gasteiger partial charge in [0.25, 0.3) is 0 Å². The number of ketones is 1. The number of pyridine rings is 1. The standard InChI is InChI=1S/C39H28ClN3O7S/c1-48-33-10-6-9-28(36(33)49-2)29-19-31(23-7-4-3-5-8-23)42-37(30(29)21-41)51-34-20-35(45)43(38(34)46)27-17-13-25(14-18-27)39(47)50-22-32(44)24-11-15-26(40)16-12-24/h3-19,34H,20,22H2,1-2H3. The van der Waals surface area contributed by atoms with Crippen molar-refractivity contribution in [1.82, 2.24) is 4.98 Å². The molecular formula is C39H28ClN3O7S. The molecule has 1 aliphatic rings. The third-order valence-corrected chi connectivity index (χ3v) is 9.51. The zero-order chi connectivity index (χ0) is 36.1. The van der Waals surface area contributed by atoms with Gasteiger partial charge in [0.1, 0.15) is 11.1 Å². The summed E-state index contributed by atoms with van der Waals surface area (Å²) in [6.07, 6.45) is -0.139. The minimum absolute atomic E-state index is 0.133. The molecule has 0 spiro atoms. The minimum Gasteiger partial charge on any atom is -0.493 e. The summed E-state index contributed by atoms with van der Waals surface area (Å²) in [6, 6.07) is 30.8. The quantitative estimate of drug-likeness (QED) is 0.0771. The van der Waals surface area contributed by atoms with Crippen molar-refractivity contribution in [2.24, 2.45) is 0 Å². The van der Waals surface area contributed by atoms with E-state index in [0.29, 0.717) is 38.9 Å². The van der Waals surface area contributed by atoms with Gasteiger partial charge in [-0.25, -0.2) is 14.7 Å². The number of thioether (sulfide) groups is 1. The summed E-state index contributed by atoms with van der Waals surface area (Å²) >= 11 is 6.90. The molecule has 0 radical (unpaired) electrons. The van der Waals surface area contributed by atoms with Crippen LogP contribution in [0.15, 0.2) is 108 Å². The number of hydrogen-bond acceptors (Lipinski definition) is 10. The monoisotopic (exact) mass is 717 g/mol. The fourth-order valence-electron chi connectivity index (χ4n) is 5.57. The zero-order valence-corrected chi connectivity index (χ0v) is 28.9. The topological polar surface area (TPSA) is 136 Å². The second-order valence-electron chi connectivity index (χ2n) is 11.2. The van der Waals surface area contributed by atoms with Crippen LogP contribution in [-0.2, 0) is 14.3 Å². The molecule has 1 unspecified atom stereocenters. The number of benzene rings is 4. The van der Waals surface area contributed by atoms with Crippen molar-refractivity contribution in [3.63, 3.8) is 0 Å². The highest BCUT2D eigenvalue weighted by molar-refractivity contribution is 8.00. The third-order valence-electron chi connectivity index (χ3n) is 8.08. The van der Waals surface area contributed by atoms with Gasteiger partial charge in [-0.15, -0.1) is 0 Å². The Morgan fingerprint density at radius 3 is 2.27 bits per heavy atom. The third kappa shape index (κ3) is 7.33. The highest BCUT2D eigenvalue weighted by Crippen LogP contribution is 2.44. The predicted octanol–water partition coefficient (Wildman–Crippen LogP) is 7.42. The summed E-state index contributed by atoms with van der Waals surface area (Å²) < 4.78 is 16.4. The van der Waals surface area contributed by atoms with Gasteiger partial charge in [0.15, 0.2) is 23.9 Å². The van der Waals surface area contributed by atoms with Gasteiger partial charge in [-0.1, -0.05) is 65.8 Å². The molecule has 5 aromatic rings. The van der Waals surface area contributed by atoms with Gasteiger partial charge >= 0.3 is 5.97 Å². The van der Waals surface area contributed by atoms with Crippen molar-refractivity contribution in [2.45, 2.75) is 16.7 Å². The van der Waals surface area contributed by atoms with Crippen LogP contribution in [0.4, 0.5) is 5.69 Å². The summed E-state index contributed by atoms with van der Waals surface area (Å²) in [5.74, 6) is -1.18. The zero-order valence-electron chi connectivity index (χ0n) is 27.3. The molecule has 1 saturated heterocycles. The molecule has 0 saturated carbocycles. The van der Waals surface area contributed by atoms with E-state index in [1.54, 1.807) is 30.3 Å². The lowest BCUT2D eigenvalue weighted by atomic mass is 9.98. The number of ether oxygens (including phenoxy) is 3. The van der Waals surface area contributed by atoms with Crippen molar-refractivity contribution in [1.29, 1.82) is 5.26 Å².